The van der Waals surface area contributed by atoms with E-state index in [1.54, 1.807) is 6.07 Å². The van der Waals surface area contributed by atoms with E-state index in [2.05, 4.69) is 24.1 Å². The van der Waals surface area contributed by atoms with Gasteiger partial charge in [-0.15, -0.1) is 0 Å². The molecular formula is C16H21NO3. The number of hydrogen-bond donors (Lipinski definition) is 1. The molecule has 1 aromatic rings. The molecule has 0 radical (unpaired) electrons. The first-order valence-electron chi connectivity index (χ1n) is 7.15. The minimum absolute atomic E-state index is 0.259. The fraction of sp³-hybridized carbons (Fsp3) is 0.500. The van der Waals surface area contributed by atoms with Crippen LogP contribution in [0, 0.1) is 11.8 Å². The molecule has 4 heteroatoms. The Morgan fingerprint density at radius 3 is 2.80 bits per heavy atom. The Kier molecular flexibility index (Phi) is 4.77. The first kappa shape index (κ1) is 14.6. The van der Waals surface area contributed by atoms with Gasteiger partial charge in [0, 0.05) is 11.8 Å². The molecule has 2 rings (SSSR count). The minimum atomic E-state index is -0.410. The van der Waals surface area contributed by atoms with E-state index in [1.807, 2.05) is 6.92 Å². The summed E-state index contributed by atoms with van der Waals surface area (Å²) in [5.41, 5.74) is 0.827. The zero-order chi connectivity index (χ0) is 14.5. The molecule has 0 aromatic carbocycles. The molecule has 0 unspecified atom stereocenters. The number of allylic oxidation sites excluding steroid dienone is 2. The monoisotopic (exact) mass is 275 g/mol. The molecule has 4 nitrogen and oxygen atoms in total. The van der Waals surface area contributed by atoms with Gasteiger partial charge in [0.25, 0.3) is 0 Å². The summed E-state index contributed by atoms with van der Waals surface area (Å²) in [6.07, 6.45) is 6.98. The molecule has 0 bridgehead atoms. The molecule has 0 spiro atoms. The van der Waals surface area contributed by atoms with Crippen molar-refractivity contribution in [3.05, 3.63) is 45.9 Å². The second-order valence-corrected chi connectivity index (χ2v) is 5.39. The fourth-order valence-electron chi connectivity index (χ4n) is 2.41. The van der Waals surface area contributed by atoms with Crippen molar-refractivity contribution in [3.63, 3.8) is 0 Å². The van der Waals surface area contributed by atoms with Crippen LogP contribution in [-0.2, 0) is 11.2 Å². The quantitative estimate of drug-likeness (QED) is 0.679. The van der Waals surface area contributed by atoms with Crippen LogP contribution in [0.5, 0.6) is 0 Å². The first-order chi connectivity index (χ1) is 9.60. The van der Waals surface area contributed by atoms with E-state index in [0.29, 0.717) is 30.4 Å². The molecule has 0 aliphatic heterocycles. The van der Waals surface area contributed by atoms with Gasteiger partial charge in [-0.05, 0) is 37.2 Å². The van der Waals surface area contributed by atoms with Gasteiger partial charge >= 0.3 is 5.97 Å². The maximum absolute atomic E-state index is 12.0. The van der Waals surface area contributed by atoms with Gasteiger partial charge in [-0.25, -0.2) is 4.79 Å². The average Bonchev–Trinajstić information content (AvgIpc) is 2.45. The number of rotatable bonds is 4. The van der Waals surface area contributed by atoms with Gasteiger partial charge in [0.05, 0.1) is 12.2 Å². The number of aryl methyl sites for hydroxylation is 1. The molecule has 20 heavy (non-hydrogen) atoms. The molecule has 0 saturated carbocycles. The molecule has 1 N–H and O–H groups in total. The number of esters is 1. The highest BCUT2D eigenvalue weighted by Crippen LogP contribution is 2.25. The Bertz CT molecular complexity index is 559. The van der Waals surface area contributed by atoms with Gasteiger partial charge in [0.2, 0.25) is 5.56 Å². The van der Waals surface area contributed by atoms with E-state index in [4.69, 9.17) is 4.74 Å². The summed E-state index contributed by atoms with van der Waals surface area (Å²) >= 11 is 0. The zero-order valence-electron chi connectivity index (χ0n) is 12.0. The van der Waals surface area contributed by atoms with Crippen molar-refractivity contribution in [2.75, 3.05) is 6.61 Å². The van der Waals surface area contributed by atoms with Crippen LogP contribution in [-0.4, -0.2) is 17.6 Å². The van der Waals surface area contributed by atoms with Gasteiger partial charge in [-0.2, -0.15) is 0 Å². The molecule has 1 heterocycles. The summed E-state index contributed by atoms with van der Waals surface area (Å²) in [5.74, 6) is 0.488. The lowest BCUT2D eigenvalue weighted by Gasteiger charge is -2.24. The molecule has 0 fully saturated rings. The van der Waals surface area contributed by atoms with Crippen LogP contribution >= 0.6 is 0 Å². The van der Waals surface area contributed by atoms with Crippen molar-refractivity contribution in [2.24, 2.45) is 11.8 Å². The van der Waals surface area contributed by atoms with Crippen molar-refractivity contribution in [3.8, 4) is 0 Å². The normalized spacial score (nSPS) is 21.7. The van der Waals surface area contributed by atoms with Gasteiger partial charge in [-0.3, -0.25) is 4.79 Å². The van der Waals surface area contributed by atoms with E-state index >= 15 is 0 Å². The van der Waals surface area contributed by atoms with E-state index in [0.717, 1.165) is 18.5 Å². The lowest BCUT2D eigenvalue weighted by atomic mass is 9.85. The van der Waals surface area contributed by atoms with Crippen molar-refractivity contribution >= 4 is 5.97 Å². The predicted octanol–water partition coefficient (Wildman–Crippen LogP) is 2.70. The molecule has 1 aliphatic carbocycles. The minimum Gasteiger partial charge on any atom is -0.462 e. The third-order valence-corrected chi connectivity index (χ3v) is 3.86. The van der Waals surface area contributed by atoms with Gasteiger partial charge in [0.15, 0.2) is 0 Å². The lowest BCUT2D eigenvalue weighted by Crippen LogP contribution is -2.22. The van der Waals surface area contributed by atoms with Gasteiger partial charge in [-0.1, -0.05) is 26.0 Å². The summed E-state index contributed by atoms with van der Waals surface area (Å²) in [4.78, 5) is 26.2. The van der Waals surface area contributed by atoms with E-state index in [1.165, 1.54) is 6.07 Å². The fourth-order valence-corrected chi connectivity index (χ4v) is 2.41. The Balaban J connectivity index is 2.00. The number of carbonyl (C=O) groups is 1. The maximum atomic E-state index is 12.0. The summed E-state index contributed by atoms with van der Waals surface area (Å²) in [6.45, 7) is 4.51. The smallest absolute Gasteiger partial charge is 0.338 e. The zero-order valence-corrected chi connectivity index (χ0v) is 12.0. The number of H-pyrrole nitrogens is 1. The number of nitrogens with one attached hydrogen (secondary N) is 1. The highest BCUT2D eigenvalue weighted by molar-refractivity contribution is 5.89. The Morgan fingerprint density at radius 2 is 2.10 bits per heavy atom. The van der Waals surface area contributed by atoms with Crippen LogP contribution in [0.2, 0.25) is 0 Å². The van der Waals surface area contributed by atoms with E-state index in [-0.39, 0.29) is 5.56 Å². The topological polar surface area (TPSA) is 59.2 Å². The van der Waals surface area contributed by atoms with Crippen LogP contribution in [0.3, 0.4) is 0 Å². The Labute approximate surface area is 118 Å². The number of aromatic amines is 1. The third kappa shape index (κ3) is 3.59. The number of hydrogen-bond acceptors (Lipinski definition) is 3. The van der Waals surface area contributed by atoms with Crippen LogP contribution in [0.15, 0.2) is 29.1 Å². The first-order valence-corrected chi connectivity index (χ1v) is 7.15. The lowest BCUT2D eigenvalue weighted by molar-refractivity contribution is 0.0395. The van der Waals surface area contributed by atoms with E-state index in [9.17, 15) is 9.59 Å². The summed E-state index contributed by atoms with van der Waals surface area (Å²) < 4.78 is 5.37. The molecule has 2 atom stereocenters. The second kappa shape index (κ2) is 6.55. The van der Waals surface area contributed by atoms with Crippen molar-refractivity contribution in [1.82, 2.24) is 4.98 Å². The Morgan fingerprint density at radius 1 is 1.35 bits per heavy atom. The van der Waals surface area contributed by atoms with Crippen LogP contribution in [0.1, 0.15) is 42.7 Å². The number of pyridine rings is 1. The molecule has 1 aliphatic rings. The molecule has 1 aromatic heterocycles. The van der Waals surface area contributed by atoms with Crippen LogP contribution in [0.25, 0.3) is 0 Å². The largest absolute Gasteiger partial charge is 0.462 e. The SMILES string of the molecule is CCc1cc(C(=O)OC[C@@H]2CC=CC[C@H]2C)cc(=O)[nH]1. The van der Waals surface area contributed by atoms with Crippen LogP contribution < -0.4 is 5.56 Å². The maximum Gasteiger partial charge on any atom is 0.338 e. The summed E-state index contributed by atoms with van der Waals surface area (Å²) in [7, 11) is 0. The molecule has 0 saturated heterocycles. The van der Waals surface area contributed by atoms with Crippen molar-refractivity contribution in [2.45, 2.75) is 33.1 Å². The summed E-state index contributed by atoms with van der Waals surface area (Å²) in [6, 6.07) is 2.99. The van der Waals surface area contributed by atoms with Crippen molar-refractivity contribution in [1.29, 1.82) is 0 Å². The molecular weight excluding hydrogens is 254 g/mol. The highest BCUT2D eigenvalue weighted by Gasteiger charge is 2.20. The van der Waals surface area contributed by atoms with E-state index < -0.39 is 5.97 Å². The van der Waals surface area contributed by atoms with Gasteiger partial charge in [0.1, 0.15) is 0 Å². The molecule has 0 amide bonds. The highest BCUT2D eigenvalue weighted by atomic mass is 16.5. The average molecular weight is 275 g/mol. The number of aromatic nitrogens is 1. The number of ether oxygens (including phenoxy) is 1. The Hall–Kier alpha value is -1.84. The second-order valence-electron chi connectivity index (χ2n) is 5.39. The van der Waals surface area contributed by atoms with Gasteiger partial charge < -0.3 is 9.72 Å². The van der Waals surface area contributed by atoms with Crippen LogP contribution in [0.4, 0.5) is 0 Å². The molecule has 108 valence electrons. The predicted molar refractivity (Wildman–Crippen MR) is 77.8 cm³/mol. The summed E-state index contributed by atoms with van der Waals surface area (Å²) in [5, 5.41) is 0. The number of carbonyl (C=O) groups excluding carboxylic acids is 1. The standard InChI is InChI=1S/C16H21NO3/c1-3-14-8-13(9-15(18)17-14)16(19)20-10-12-7-5-4-6-11(12)2/h4-5,8-9,11-12H,3,6-7,10H2,1-2H3,(H,17,18)/t11-,12+/m1/s1. The third-order valence-electron chi connectivity index (χ3n) is 3.86. The van der Waals surface area contributed by atoms with Crippen molar-refractivity contribution < 1.29 is 9.53 Å².